The van der Waals surface area contributed by atoms with E-state index in [0.717, 1.165) is 26.1 Å². The molecule has 0 aliphatic carbocycles. The number of unbranched alkanes of at least 4 members (excludes halogenated alkanes) is 1. The van der Waals surface area contributed by atoms with E-state index in [1.54, 1.807) is 0 Å². The number of hydrogen-bond donors (Lipinski definition) is 1. The maximum atomic E-state index is 3.70. The second kappa shape index (κ2) is 8.75. The summed E-state index contributed by atoms with van der Waals surface area (Å²) in [5.41, 5.74) is 0. The van der Waals surface area contributed by atoms with Crippen LogP contribution in [0.5, 0.6) is 0 Å². The van der Waals surface area contributed by atoms with Crippen LogP contribution in [-0.4, -0.2) is 38.1 Å². The molecule has 2 nitrogen and oxygen atoms in total. The van der Waals surface area contributed by atoms with Crippen LogP contribution in [-0.2, 0) is 0 Å². The molecule has 0 aromatic heterocycles. The first-order valence-electron chi connectivity index (χ1n) is 4.81. The van der Waals surface area contributed by atoms with Gasteiger partial charge in [-0.25, -0.2) is 0 Å². The molecule has 0 atom stereocenters. The average molecular weight is 170 g/mol. The molecule has 0 fully saturated rings. The van der Waals surface area contributed by atoms with Crippen molar-refractivity contribution in [2.24, 2.45) is 0 Å². The summed E-state index contributed by atoms with van der Waals surface area (Å²) in [6.07, 6.45) is 4.34. The molecule has 0 spiro atoms. The van der Waals surface area contributed by atoms with Gasteiger partial charge in [0, 0.05) is 13.1 Å². The zero-order chi connectivity index (χ0) is 9.23. The second-order valence-corrected chi connectivity index (χ2v) is 3.09. The molecule has 0 aromatic rings. The van der Waals surface area contributed by atoms with Crippen LogP contribution in [0, 0.1) is 0 Å². The molecule has 0 amide bonds. The van der Waals surface area contributed by atoms with E-state index in [4.69, 9.17) is 0 Å². The van der Waals surface area contributed by atoms with E-state index in [1.807, 2.05) is 6.08 Å². The van der Waals surface area contributed by atoms with Crippen molar-refractivity contribution in [1.29, 1.82) is 0 Å². The summed E-state index contributed by atoms with van der Waals surface area (Å²) in [6.45, 7) is 10.3. The Morgan fingerprint density at radius 1 is 1.42 bits per heavy atom. The number of allylic oxidation sites excluding steroid dienone is 1. The van der Waals surface area contributed by atoms with Crippen molar-refractivity contribution in [3.63, 3.8) is 0 Å². The normalized spacial score (nSPS) is 10.6. The van der Waals surface area contributed by atoms with Crippen molar-refractivity contribution in [3.8, 4) is 0 Å². The highest BCUT2D eigenvalue weighted by Crippen LogP contribution is 1.91. The first-order valence-corrected chi connectivity index (χ1v) is 4.81. The molecule has 12 heavy (non-hydrogen) atoms. The molecule has 0 rings (SSSR count). The molecule has 0 aliphatic rings. The summed E-state index contributed by atoms with van der Waals surface area (Å²) in [5.74, 6) is 0. The van der Waals surface area contributed by atoms with E-state index in [1.165, 1.54) is 13.0 Å². The fourth-order valence-corrected chi connectivity index (χ4v) is 1.06. The highest BCUT2D eigenvalue weighted by Gasteiger charge is 1.95. The van der Waals surface area contributed by atoms with Crippen molar-refractivity contribution in [2.45, 2.75) is 19.8 Å². The first-order chi connectivity index (χ1) is 5.81. The Kier molecular flexibility index (Phi) is 8.51. The Morgan fingerprint density at radius 2 is 2.17 bits per heavy atom. The molecular formula is C10H22N2. The van der Waals surface area contributed by atoms with Gasteiger partial charge in [0.05, 0.1) is 0 Å². The van der Waals surface area contributed by atoms with Gasteiger partial charge >= 0.3 is 0 Å². The standard InChI is InChI=1S/C10H22N2/c1-4-6-7-9-12(3)10-8-11-5-2/h4,11H,1,5-10H2,2-3H3. The summed E-state index contributed by atoms with van der Waals surface area (Å²) >= 11 is 0. The van der Waals surface area contributed by atoms with Crippen LogP contribution < -0.4 is 5.32 Å². The third-order valence-corrected chi connectivity index (χ3v) is 1.87. The maximum Gasteiger partial charge on any atom is 0.0104 e. The van der Waals surface area contributed by atoms with Gasteiger partial charge in [0.25, 0.3) is 0 Å². The van der Waals surface area contributed by atoms with E-state index < -0.39 is 0 Å². The van der Waals surface area contributed by atoms with Crippen molar-refractivity contribution in [3.05, 3.63) is 12.7 Å². The Hall–Kier alpha value is -0.340. The van der Waals surface area contributed by atoms with E-state index in [9.17, 15) is 0 Å². The number of hydrogen-bond acceptors (Lipinski definition) is 2. The van der Waals surface area contributed by atoms with E-state index in [2.05, 4.69) is 30.8 Å². The monoisotopic (exact) mass is 170 g/mol. The molecule has 0 bridgehead atoms. The topological polar surface area (TPSA) is 15.3 Å². The summed E-state index contributed by atoms with van der Waals surface area (Å²) < 4.78 is 0. The molecule has 72 valence electrons. The van der Waals surface area contributed by atoms with Crippen molar-refractivity contribution < 1.29 is 0 Å². The lowest BCUT2D eigenvalue weighted by molar-refractivity contribution is 0.329. The van der Waals surface area contributed by atoms with Gasteiger partial charge in [-0.2, -0.15) is 0 Å². The fraction of sp³-hybridized carbons (Fsp3) is 0.800. The van der Waals surface area contributed by atoms with Gasteiger partial charge in [0.15, 0.2) is 0 Å². The van der Waals surface area contributed by atoms with Gasteiger partial charge in [-0.05, 0) is 33.0 Å². The second-order valence-electron chi connectivity index (χ2n) is 3.09. The quantitative estimate of drug-likeness (QED) is 0.438. The zero-order valence-corrected chi connectivity index (χ0v) is 8.47. The van der Waals surface area contributed by atoms with E-state index in [0.29, 0.717) is 0 Å². The maximum absolute atomic E-state index is 3.70. The predicted molar refractivity (Wildman–Crippen MR) is 55.5 cm³/mol. The van der Waals surface area contributed by atoms with Crippen LogP contribution in [0.2, 0.25) is 0 Å². The zero-order valence-electron chi connectivity index (χ0n) is 8.47. The minimum atomic E-state index is 1.07. The molecule has 0 aliphatic heterocycles. The van der Waals surface area contributed by atoms with Gasteiger partial charge in [-0.1, -0.05) is 13.0 Å². The highest BCUT2D eigenvalue weighted by atomic mass is 15.1. The number of rotatable bonds is 8. The molecule has 0 aromatic carbocycles. The van der Waals surface area contributed by atoms with Crippen LogP contribution in [0.25, 0.3) is 0 Å². The van der Waals surface area contributed by atoms with Crippen LogP contribution in [0.15, 0.2) is 12.7 Å². The molecule has 0 heterocycles. The SMILES string of the molecule is C=CCCCN(C)CCNCC. The summed E-state index contributed by atoms with van der Waals surface area (Å²) in [7, 11) is 2.17. The van der Waals surface area contributed by atoms with Gasteiger partial charge in [-0.15, -0.1) is 6.58 Å². The molecule has 0 unspecified atom stereocenters. The van der Waals surface area contributed by atoms with Gasteiger partial charge in [-0.3, -0.25) is 0 Å². The van der Waals surface area contributed by atoms with Gasteiger partial charge in [0.2, 0.25) is 0 Å². The van der Waals surface area contributed by atoms with Gasteiger partial charge < -0.3 is 10.2 Å². The number of nitrogens with one attached hydrogen (secondary N) is 1. The lowest BCUT2D eigenvalue weighted by Gasteiger charge is -2.15. The van der Waals surface area contributed by atoms with Crippen molar-refractivity contribution >= 4 is 0 Å². The predicted octanol–water partition coefficient (Wildman–Crippen LogP) is 1.49. The number of nitrogens with zero attached hydrogens (tertiary/aromatic N) is 1. The molecule has 0 saturated carbocycles. The Morgan fingerprint density at radius 3 is 2.75 bits per heavy atom. The smallest absolute Gasteiger partial charge is 0.0104 e. The lowest BCUT2D eigenvalue weighted by atomic mass is 10.3. The summed E-state index contributed by atoms with van der Waals surface area (Å²) in [4.78, 5) is 2.35. The summed E-state index contributed by atoms with van der Waals surface area (Å²) in [6, 6.07) is 0. The average Bonchev–Trinajstić information content (AvgIpc) is 2.06. The van der Waals surface area contributed by atoms with Crippen LogP contribution in [0.1, 0.15) is 19.8 Å². The van der Waals surface area contributed by atoms with E-state index >= 15 is 0 Å². The Balaban J connectivity index is 3.09. The Labute approximate surface area is 76.6 Å². The summed E-state index contributed by atoms with van der Waals surface area (Å²) in [5, 5.41) is 3.31. The molecule has 2 heteroatoms. The molecule has 0 radical (unpaired) electrons. The largest absolute Gasteiger partial charge is 0.316 e. The van der Waals surface area contributed by atoms with Crippen LogP contribution in [0.3, 0.4) is 0 Å². The molecule has 1 N–H and O–H groups in total. The third kappa shape index (κ3) is 7.76. The van der Waals surface area contributed by atoms with Crippen molar-refractivity contribution in [2.75, 3.05) is 33.2 Å². The van der Waals surface area contributed by atoms with Crippen LogP contribution >= 0.6 is 0 Å². The van der Waals surface area contributed by atoms with Crippen LogP contribution in [0.4, 0.5) is 0 Å². The minimum Gasteiger partial charge on any atom is -0.316 e. The molecule has 0 saturated heterocycles. The fourth-order valence-electron chi connectivity index (χ4n) is 1.06. The number of likely N-dealkylation sites (N-methyl/N-ethyl adjacent to an activating group) is 2. The third-order valence-electron chi connectivity index (χ3n) is 1.87. The van der Waals surface area contributed by atoms with Crippen molar-refractivity contribution in [1.82, 2.24) is 10.2 Å². The first kappa shape index (κ1) is 11.7. The molecular weight excluding hydrogens is 148 g/mol. The highest BCUT2D eigenvalue weighted by molar-refractivity contribution is 4.66. The van der Waals surface area contributed by atoms with E-state index in [-0.39, 0.29) is 0 Å². The Bertz CT molecular complexity index is 102. The minimum absolute atomic E-state index is 1.07. The lowest BCUT2D eigenvalue weighted by Crippen LogP contribution is -2.29. The van der Waals surface area contributed by atoms with Gasteiger partial charge in [0.1, 0.15) is 0 Å².